The van der Waals surface area contributed by atoms with Crippen molar-refractivity contribution in [2.24, 2.45) is 5.73 Å². The van der Waals surface area contributed by atoms with Crippen LogP contribution >= 0.6 is 11.6 Å². The molecule has 1 fully saturated rings. The Hall–Kier alpha value is -1.20. The predicted octanol–water partition coefficient (Wildman–Crippen LogP) is 3.01. The van der Waals surface area contributed by atoms with Gasteiger partial charge in [0.25, 0.3) is 5.91 Å². The first-order valence-corrected chi connectivity index (χ1v) is 7.01. The van der Waals surface area contributed by atoms with E-state index in [0.29, 0.717) is 0 Å². The van der Waals surface area contributed by atoms with Gasteiger partial charge in [-0.05, 0) is 25.0 Å². The van der Waals surface area contributed by atoms with Crippen molar-refractivity contribution in [3.05, 3.63) is 34.4 Å². The predicted molar refractivity (Wildman–Crippen MR) is 73.7 cm³/mol. The molecule has 1 aromatic rings. The Morgan fingerprint density at radius 2 is 1.90 bits per heavy atom. The van der Waals surface area contributed by atoms with E-state index in [1.165, 1.54) is 0 Å². The molecule has 0 aromatic heterocycles. The van der Waals surface area contributed by atoms with Gasteiger partial charge in [0.1, 0.15) is 11.6 Å². The van der Waals surface area contributed by atoms with E-state index < -0.39 is 23.1 Å². The second-order valence-corrected chi connectivity index (χ2v) is 5.76. The molecule has 0 radical (unpaired) electrons. The van der Waals surface area contributed by atoms with Crippen molar-refractivity contribution in [3.8, 4) is 0 Å². The number of hydrogen-bond donors (Lipinski definition) is 2. The molecule has 0 atom stereocenters. The van der Waals surface area contributed by atoms with Crippen LogP contribution in [0.2, 0.25) is 5.02 Å². The number of hydrogen-bond acceptors (Lipinski definition) is 2. The molecule has 1 aromatic carbocycles. The van der Waals surface area contributed by atoms with E-state index in [0.717, 1.165) is 44.2 Å². The van der Waals surface area contributed by atoms with Crippen LogP contribution in [-0.2, 0) is 0 Å². The van der Waals surface area contributed by atoms with E-state index >= 15 is 0 Å². The standard InChI is InChI=1S/C14H17ClF2N2O/c15-10-7-11(16)9(6-12(10)17)13(20)19-8-14(18)4-2-1-3-5-14/h6-7H,1-5,8,18H2,(H,19,20). The van der Waals surface area contributed by atoms with E-state index in [-0.39, 0.29) is 17.1 Å². The molecule has 0 bridgehead atoms. The normalized spacial score (nSPS) is 17.8. The van der Waals surface area contributed by atoms with Crippen molar-refractivity contribution < 1.29 is 13.6 Å². The topological polar surface area (TPSA) is 55.1 Å². The maximum Gasteiger partial charge on any atom is 0.254 e. The smallest absolute Gasteiger partial charge is 0.254 e. The summed E-state index contributed by atoms with van der Waals surface area (Å²) in [6, 6.07) is 1.60. The average Bonchev–Trinajstić information content (AvgIpc) is 2.41. The van der Waals surface area contributed by atoms with E-state index in [1.807, 2.05) is 0 Å². The van der Waals surface area contributed by atoms with Gasteiger partial charge in [-0.25, -0.2) is 8.78 Å². The van der Waals surface area contributed by atoms with E-state index in [9.17, 15) is 13.6 Å². The Morgan fingerprint density at radius 3 is 2.55 bits per heavy atom. The second-order valence-electron chi connectivity index (χ2n) is 5.35. The lowest BCUT2D eigenvalue weighted by Crippen LogP contribution is -2.51. The Labute approximate surface area is 121 Å². The zero-order valence-corrected chi connectivity index (χ0v) is 11.8. The Kier molecular flexibility index (Phi) is 4.60. The van der Waals surface area contributed by atoms with E-state index in [2.05, 4.69) is 5.32 Å². The number of amides is 1. The number of rotatable bonds is 3. The number of nitrogens with one attached hydrogen (secondary N) is 1. The first-order chi connectivity index (χ1) is 9.41. The Morgan fingerprint density at radius 1 is 1.25 bits per heavy atom. The lowest BCUT2D eigenvalue weighted by Gasteiger charge is -2.33. The van der Waals surface area contributed by atoms with Gasteiger partial charge in [-0.3, -0.25) is 4.79 Å². The highest BCUT2D eigenvalue weighted by atomic mass is 35.5. The molecule has 110 valence electrons. The SMILES string of the molecule is NC1(CNC(=O)c2cc(F)c(Cl)cc2F)CCCCC1. The van der Waals surface area contributed by atoms with Crippen LogP contribution in [0.15, 0.2) is 12.1 Å². The van der Waals surface area contributed by atoms with E-state index in [4.69, 9.17) is 17.3 Å². The molecule has 1 saturated carbocycles. The summed E-state index contributed by atoms with van der Waals surface area (Å²) in [6.07, 6.45) is 4.84. The molecule has 3 N–H and O–H groups in total. The molecule has 3 nitrogen and oxygen atoms in total. The van der Waals surface area contributed by atoms with Gasteiger partial charge in [0.15, 0.2) is 0 Å². The van der Waals surface area contributed by atoms with Crippen LogP contribution in [-0.4, -0.2) is 18.0 Å². The van der Waals surface area contributed by atoms with Crippen LogP contribution in [0.3, 0.4) is 0 Å². The minimum atomic E-state index is -0.844. The fourth-order valence-electron chi connectivity index (χ4n) is 2.48. The van der Waals surface area contributed by atoms with Crippen LogP contribution in [0.5, 0.6) is 0 Å². The summed E-state index contributed by atoms with van der Waals surface area (Å²) in [5.74, 6) is -2.34. The van der Waals surface area contributed by atoms with Gasteiger partial charge in [0.2, 0.25) is 0 Å². The van der Waals surface area contributed by atoms with Gasteiger partial charge in [-0.1, -0.05) is 30.9 Å². The maximum absolute atomic E-state index is 13.6. The number of carbonyl (C=O) groups is 1. The summed E-state index contributed by atoms with van der Waals surface area (Å²) < 4.78 is 26.9. The third-order valence-electron chi connectivity index (χ3n) is 3.70. The largest absolute Gasteiger partial charge is 0.350 e. The summed E-state index contributed by atoms with van der Waals surface area (Å²) in [5.41, 5.74) is 5.37. The lowest BCUT2D eigenvalue weighted by atomic mass is 9.82. The Balaban J connectivity index is 2.03. The molecule has 0 unspecified atom stereocenters. The van der Waals surface area contributed by atoms with Crippen molar-refractivity contribution in [2.75, 3.05) is 6.54 Å². The fraction of sp³-hybridized carbons (Fsp3) is 0.500. The average molecular weight is 303 g/mol. The molecule has 0 spiro atoms. The minimum absolute atomic E-state index is 0.259. The highest BCUT2D eigenvalue weighted by Crippen LogP contribution is 2.25. The highest BCUT2D eigenvalue weighted by Gasteiger charge is 2.28. The first kappa shape index (κ1) is 15.2. The first-order valence-electron chi connectivity index (χ1n) is 6.63. The molecule has 1 amide bonds. The zero-order valence-electron chi connectivity index (χ0n) is 11.0. The van der Waals surface area contributed by atoms with Crippen molar-refractivity contribution in [3.63, 3.8) is 0 Å². The molecule has 1 aliphatic rings. The van der Waals surface area contributed by atoms with Crippen LogP contribution < -0.4 is 11.1 Å². The van der Waals surface area contributed by atoms with Crippen molar-refractivity contribution in [2.45, 2.75) is 37.6 Å². The van der Waals surface area contributed by atoms with Gasteiger partial charge in [-0.2, -0.15) is 0 Å². The molecule has 20 heavy (non-hydrogen) atoms. The molecule has 0 heterocycles. The van der Waals surface area contributed by atoms with Crippen molar-refractivity contribution in [1.82, 2.24) is 5.32 Å². The van der Waals surface area contributed by atoms with Gasteiger partial charge >= 0.3 is 0 Å². The Bertz CT molecular complexity index is 516. The molecule has 6 heteroatoms. The van der Waals surface area contributed by atoms with Crippen LogP contribution in [0.25, 0.3) is 0 Å². The van der Waals surface area contributed by atoms with Crippen LogP contribution in [0.4, 0.5) is 8.78 Å². The van der Waals surface area contributed by atoms with Crippen molar-refractivity contribution >= 4 is 17.5 Å². The monoisotopic (exact) mass is 302 g/mol. The molecule has 0 saturated heterocycles. The molecular weight excluding hydrogens is 286 g/mol. The van der Waals surface area contributed by atoms with Crippen LogP contribution in [0.1, 0.15) is 42.5 Å². The van der Waals surface area contributed by atoms with Gasteiger partial charge in [-0.15, -0.1) is 0 Å². The summed E-state index contributed by atoms with van der Waals surface area (Å²) in [7, 11) is 0. The fourth-order valence-corrected chi connectivity index (χ4v) is 2.63. The maximum atomic E-state index is 13.6. The number of halogens is 3. The molecule has 2 rings (SSSR count). The lowest BCUT2D eigenvalue weighted by molar-refractivity contribution is 0.0933. The quantitative estimate of drug-likeness (QED) is 0.843. The summed E-state index contributed by atoms with van der Waals surface area (Å²) >= 11 is 5.44. The highest BCUT2D eigenvalue weighted by molar-refractivity contribution is 6.30. The van der Waals surface area contributed by atoms with Crippen LogP contribution in [0, 0.1) is 11.6 Å². The van der Waals surface area contributed by atoms with Gasteiger partial charge in [0, 0.05) is 12.1 Å². The third kappa shape index (κ3) is 3.46. The van der Waals surface area contributed by atoms with E-state index in [1.54, 1.807) is 0 Å². The van der Waals surface area contributed by atoms with Gasteiger partial charge < -0.3 is 11.1 Å². The molecular formula is C14H17ClF2N2O. The summed E-state index contributed by atoms with van der Waals surface area (Å²) in [4.78, 5) is 11.9. The van der Waals surface area contributed by atoms with Crippen molar-refractivity contribution in [1.29, 1.82) is 0 Å². The zero-order chi connectivity index (χ0) is 14.8. The number of carbonyl (C=O) groups excluding carboxylic acids is 1. The summed E-state index contributed by atoms with van der Waals surface area (Å²) in [5, 5.41) is 2.24. The molecule has 1 aliphatic carbocycles. The number of benzene rings is 1. The summed E-state index contributed by atoms with van der Waals surface area (Å²) in [6.45, 7) is 0.259. The third-order valence-corrected chi connectivity index (χ3v) is 3.99. The van der Waals surface area contributed by atoms with Gasteiger partial charge in [0.05, 0.1) is 10.6 Å². The second kappa shape index (κ2) is 6.06. The minimum Gasteiger partial charge on any atom is -0.350 e. The molecule has 0 aliphatic heterocycles. The number of nitrogens with two attached hydrogens (primary N) is 1.